The van der Waals surface area contributed by atoms with Gasteiger partial charge in [-0.15, -0.1) is 0 Å². The molecule has 1 aliphatic rings. The van der Waals surface area contributed by atoms with E-state index in [0.29, 0.717) is 0 Å². The number of pyridine rings is 1. The number of nitrogens with zero attached hydrogens (tertiary/aromatic N) is 1. The lowest BCUT2D eigenvalue weighted by Crippen LogP contribution is -2.46. The van der Waals surface area contributed by atoms with Crippen LogP contribution in [0.25, 0.3) is 0 Å². The summed E-state index contributed by atoms with van der Waals surface area (Å²) in [5, 5.41) is 17.7. The van der Waals surface area contributed by atoms with Crippen molar-refractivity contribution in [1.82, 2.24) is 4.98 Å². The third kappa shape index (κ3) is 4.58. The van der Waals surface area contributed by atoms with Gasteiger partial charge in [-0.25, -0.2) is 4.79 Å². The van der Waals surface area contributed by atoms with Crippen LogP contribution in [0.4, 0.5) is 8.78 Å². The molecule has 30 heavy (non-hydrogen) atoms. The van der Waals surface area contributed by atoms with Gasteiger partial charge < -0.3 is 24.4 Å². The highest BCUT2D eigenvalue weighted by atomic mass is 32.2. The molecule has 1 aromatic heterocycles. The molecule has 1 aromatic rings. The summed E-state index contributed by atoms with van der Waals surface area (Å²) in [5.74, 6) is -3.76. The molecule has 164 valence electrons. The molecule has 1 aliphatic carbocycles. The molecule has 0 spiro atoms. The van der Waals surface area contributed by atoms with Crippen molar-refractivity contribution in [2.24, 2.45) is 5.41 Å². The minimum absolute atomic E-state index is 0.145. The molecule has 2 rings (SSSR count). The number of aliphatic carboxylic acids is 2. The van der Waals surface area contributed by atoms with Crippen LogP contribution in [0.2, 0.25) is 0 Å². The molecule has 0 fully saturated rings. The second-order valence-corrected chi connectivity index (χ2v) is 7.84. The zero-order valence-corrected chi connectivity index (χ0v) is 16.9. The van der Waals surface area contributed by atoms with Gasteiger partial charge in [0, 0.05) is 23.1 Å². The van der Waals surface area contributed by atoms with Crippen molar-refractivity contribution in [2.45, 2.75) is 24.5 Å². The minimum Gasteiger partial charge on any atom is -0.493 e. The fourth-order valence-electron chi connectivity index (χ4n) is 3.07. The molecule has 1 heterocycles. The van der Waals surface area contributed by atoms with Crippen molar-refractivity contribution < 1.29 is 47.0 Å². The van der Waals surface area contributed by atoms with Crippen molar-refractivity contribution in [3.05, 3.63) is 41.4 Å². The van der Waals surface area contributed by atoms with E-state index in [4.69, 9.17) is 9.47 Å². The Labute approximate surface area is 172 Å². The number of rotatable bonds is 9. The van der Waals surface area contributed by atoms with Gasteiger partial charge >= 0.3 is 18.6 Å². The van der Waals surface area contributed by atoms with Gasteiger partial charge in [-0.05, 0) is 19.1 Å². The third-order valence-corrected chi connectivity index (χ3v) is 6.24. The van der Waals surface area contributed by atoms with Gasteiger partial charge in [-0.1, -0.05) is 0 Å². The zero-order chi connectivity index (χ0) is 22.6. The highest BCUT2D eigenvalue weighted by Gasteiger charge is 2.50. The fourth-order valence-corrected chi connectivity index (χ4v) is 4.88. The summed E-state index contributed by atoms with van der Waals surface area (Å²) < 4.78 is 53.0. The normalized spacial score (nSPS) is 22.0. The Hall–Kier alpha value is -3.02. The number of carboxylic acid groups (broad SMARTS) is 2. The van der Waals surface area contributed by atoms with E-state index in [2.05, 4.69) is 9.72 Å². The largest absolute Gasteiger partial charge is 0.493 e. The molecular weight excluding hydrogens is 428 g/mol. The number of carboxylic acids is 2. The SMILES string of the molecule is COc1ccnc(CS(=O)C2C(C(=O)O)=CC(OC(F)F)=CC2(C)C(=O)O)c1OC. The van der Waals surface area contributed by atoms with Gasteiger partial charge in [-0.2, -0.15) is 8.78 Å². The van der Waals surface area contributed by atoms with Crippen LogP contribution < -0.4 is 9.47 Å². The number of methoxy groups -OCH3 is 2. The average molecular weight is 447 g/mol. The van der Waals surface area contributed by atoms with Gasteiger partial charge in [0.2, 0.25) is 0 Å². The van der Waals surface area contributed by atoms with Crippen molar-refractivity contribution in [1.29, 1.82) is 0 Å². The summed E-state index contributed by atoms with van der Waals surface area (Å²) in [4.78, 5) is 27.8. The first kappa shape index (κ1) is 23.3. The number of alkyl halides is 2. The first-order valence-corrected chi connectivity index (χ1v) is 9.72. The second-order valence-electron chi connectivity index (χ2n) is 6.32. The molecule has 3 unspecified atom stereocenters. The number of hydrogen-bond acceptors (Lipinski definition) is 7. The van der Waals surface area contributed by atoms with Crippen LogP contribution >= 0.6 is 0 Å². The van der Waals surface area contributed by atoms with Crippen molar-refractivity contribution in [2.75, 3.05) is 14.2 Å². The number of aromatic nitrogens is 1. The Morgan fingerprint density at radius 1 is 1.30 bits per heavy atom. The smallest absolute Gasteiger partial charge is 0.387 e. The topological polar surface area (TPSA) is 132 Å². The van der Waals surface area contributed by atoms with Crippen molar-refractivity contribution in [3.63, 3.8) is 0 Å². The van der Waals surface area contributed by atoms with E-state index in [1.165, 1.54) is 26.5 Å². The molecule has 0 radical (unpaired) electrons. The van der Waals surface area contributed by atoms with Gasteiger partial charge in [0.25, 0.3) is 0 Å². The molecule has 9 nitrogen and oxygen atoms in total. The van der Waals surface area contributed by atoms with Crippen LogP contribution in [0, 0.1) is 5.41 Å². The minimum atomic E-state index is -3.30. The molecule has 0 aromatic carbocycles. The predicted molar refractivity (Wildman–Crippen MR) is 99.6 cm³/mol. The van der Waals surface area contributed by atoms with Crippen molar-refractivity contribution in [3.8, 4) is 11.5 Å². The maximum Gasteiger partial charge on any atom is 0.387 e. The van der Waals surface area contributed by atoms with E-state index < -0.39 is 51.3 Å². The summed E-state index contributed by atoms with van der Waals surface area (Å²) in [6, 6.07) is 1.49. The average Bonchev–Trinajstić information content (AvgIpc) is 2.66. The Kier molecular flexibility index (Phi) is 7.13. The Morgan fingerprint density at radius 3 is 2.47 bits per heavy atom. The quantitative estimate of drug-likeness (QED) is 0.583. The Bertz CT molecular complexity index is 933. The van der Waals surface area contributed by atoms with Crippen LogP contribution in [0.1, 0.15) is 12.6 Å². The molecule has 3 atom stereocenters. The molecule has 0 bridgehead atoms. The number of hydrogen-bond donors (Lipinski definition) is 2. The van der Waals surface area contributed by atoms with Gasteiger partial charge in [-0.3, -0.25) is 14.0 Å². The number of carbonyl (C=O) groups is 2. The van der Waals surface area contributed by atoms with E-state index in [9.17, 15) is 32.8 Å². The first-order valence-electron chi connectivity index (χ1n) is 8.34. The highest BCUT2D eigenvalue weighted by molar-refractivity contribution is 7.85. The fraction of sp³-hybridized carbons (Fsp3) is 0.389. The lowest BCUT2D eigenvalue weighted by molar-refractivity contribution is -0.145. The molecule has 0 saturated carbocycles. The van der Waals surface area contributed by atoms with E-state index in [0.717, 1.165) is 19.1 Å². The number of halogens is 2. The van der Waals surface area contributed by atoms with Crippen LogP contribution in [0.5, 0.6) is 11.5 Å². The lowest BCUT2D eigenvalue weighted by Gasteiger charge is -2.34. The van der Waals surface area contributed by atoms with E-state index in [-0.39, 0.29) is 22.9 Å². The summed E-state index contributed by atoms with van der Waals surface area (Å²) in [5.41, 5.74) is -2.60. The summed E-state index contributed by atoms with van der Waals surface area (Å²) in [6.07, 6.45) is 2.93. The van der Waals surface area contributed by atoms with E-state index >= 15 is 0 Å². The van der Waals surface area contributed by atoms with Crippen LogP contribution in [0.15, 0.2) is 35.7 Å². The Morgan fingerprint density at radius 2 is 1.97 bits per heavy atom. The van der Waals surface area contributed by atoms with Crippen LogP contribution in [-0.2, 0) is 30.9 Å². The first-order chi connectivity index (χ1) is 14.0. The maximum absolute atomic E-state index is 13.2. The van der Waals surface area contributed by atoms with Gasteiger partial charge in [0.15, 0.2) is 11.5 Å². The predicted octanol–water partition coefficient (Wildman–Crippen LogP) is 1.95. The van der Waals surface area contributed by atoms with Crippen LogP contribution in [-0.4, -0.2) is 57.4 Å². The summed E-state index contributed by atoms with van der Waals surface area (Å²) in [7, 11) is 0.540. The summed E-state index contributed by atoms with van der Waals surface area (Å²) in [6.45, 7) is -2.22. The van der Waals surface area contributed by atoms with Crippen LogP contribution in [0.3, 0.4) is 0 Å². The van der Waals surface area contributed by atoms with E-state index in [1.54, 1.807) is 0 Å². The van der Waals surface area contributed by atoms with Gasteiger partial charge in [0.1, 0.15) is 11.2 Å². The highest BCUT2D eigenvalue weighted by Crippen LogP contribution is 2.40. The molecular formula is C18H19F2NO8S. The van der Waals surface area contributed by atoms with Gasteiger partial charge in [0.05, 0.1) is 36.5 Å². The lowest BCUT2D eigenvalue weighted by atomic mass is 9.79. The maximum atomic E-state index is 13.2. The number of ether oxygens (including phenoxy) is 3. The standard InChI is InChI=1S/C18H19F2NO8S/c1-18(16(24)25)7-9(29-17(19)20)6-10(15(22)23)14(18)30(26)8-11-13(28-3)12(27-2)4-5-21-11/h4-7,14,17H,8H2,1-3H3,(H,22,23)(H,24,25). The van der Waals surface area contributed by atoms with Crippen molar-refractivity contribution >= 4 is 22.7 Å². The third-order valence-electron chi connectivity index (χ3n) is 4.41. The monoisotopic (exact) mass is 447 g/mol. The molecule has 0 amide bonds. The Balaban J connectivity index is 2.53. The molecule has 2 N–H and O–H groups in total. The van der Waals surface area contributed by atoms with E-state index in [1.807, 2.05) is 0 Å². The molecule has 12 heteroatoms. The zero-order valence-electron chi connectivity index (χ0n) is 16.1. The number of allylic oxidation sites excluding steroid dienone is 1. The molecule has 0 aliphatic heterocycles. The molecule has 0 saturated heterocycles. The second kappa shape index (κ2) is 9.20. The summed E-state index contributed by atoms with van der Waals surface area (Å²) >= 11 is 0.